The summed E-state index contributed by atoms with van der Waals surface area (Å²) in [5, 5.41) is 1.93. The van der Waals surface area contributed by atoms with E-state index in [4.69, 9.17) is 9.72 Å². The molecule has 2 aliphatic rings. The number of likely N-dealkylation sites (tertiary alicyclic amines) is 1. The van der Waals surface area contributed by atoms with Crippen molar-refractivity contribution < 1.29 is 9.53 Å². The summed E-state index contributed by atoms with van der Waals surface area (Å²) in [6.45, 7) is 0.912. The van der Waals surface area contributed by atoms with Gasteiger partial charge in [-0.3, -0.25) is 9.20 Å². The molecule has 1 aliphatic carbocycles. The Morgan fingerprint density at radius 3 is 2.96 bits per heavy atom. The van der Waals surface area contributed by atoms with Crippen LogP contribution in [0.5, 0.6) is 5.75 Å². The van der Waals surface area contributed by atoms with Crippen LogP contribution in [0.4, 0.5) is 0 Å². The van der Waals surface area contributed by atoms with Gasteiger partial charge in [-0.1, -0.05) is 12.1 Å². The predicted molar refractivity (Wildman–Crippen MR) is 97.2 cm³/mol. The number of piperidine rings is 1. The van der Waals surface area contributed by atoms with Crippen molar-refractivity contribution in [2.75, 3.05) is 13.7 Å². The lowest BCUT2D eigenvalue weighted by atomic mass is 10.1. The number of imidazole rings is 1. The Morgan fingerprint density at radius 1 is 1.32 bits per heavy atom. The van der Waals surface area contributed by atoms with Crippen LogP contribution >= 0.6 is 11.3 Å². The normalized spacial score (nSPS) is 22.0. The maximum Gasteiger partial charge on any atom is 0.272 e. The van der Waals surface area contributed by atoms with Gasteiger partial charge >= 0.3 is 0 Å². The van der Waals surface area contributed by atoms with Crippen LogP contribution in [0, 0.1) is 5.92 Å². The van der Waals surface area contributed by atoms with Gasteiger partial charge in [-0.05, 0) is 37.3 Å². The standard InChI is InChI=1S/C19H19N3O2S/c1-24-17-5-3-2-4-14(17)15-10-22-16(11-25-19(22)20-15)18(23)21-9-12-6-7-13(21)8-12/h2-5,10-13H,6-9H2,1H3/t12-,13-/m0/s1. The Labute approximate surface area is 149 Å². The van der Waals surface area contributed by atoms with E-state index in [9.17, 15) is 4.79 Å². The molecule has 5 nitrogen and oxygen atoms in total. The summed E-state index contributed by atoms with van der Waals surface area (Å²) in [6.07, 6.45) is 5.55. The molecule has 6 heteroatoms. The number of hydrogen-bond acceptors (Lipinski definition) is 4. The lowest BCUT2D eigenvalue weighted by molar-refractivity contribution is 0.0697. The van der Waals surface area contributed by atoms with Gasteiger partial charge in [-0.15, -0.1) is 11.3 Å². The molecule has 1 aromatic carbocycles. The van der Waals surface area contributed by atoms with Crippen LogP contribution < -0.4 is 4.74 Å². The second-order valence-corrected chi connectivity index (χ2v) is 7.73. The van der Waals surface area contributed by atoms with Crippen LogP contribution in [0.25, 0.3) is 16.2 Å². The zero-order valence-electron chi connectivity index (χ0n) is 14.0. The van der Waals surface area contributed by atoms with E-state index in [1.54, 1.807) is 7.11 Å². The fraction of sp³-hybridized carbons (Fsp3) is 0.368. The van der Waals surface area contributed by atoms with Gasteiger partial charge in [0, 0.05) is 29.7 Å². The van der Waals surface area contributed by atoms with E-state index >= 15 is 0 Å². The lowest BCUT2D eigenvalue weighted by Gasteiger charge is -2.26. The topological polar surface area (TPSA) is 46.8 Å². The van der Waals surface area contributed by atoms with Crippen LogP contribution in [-0.2, 0) is 0 Å². The number of hydrogen-bond donors (Lipinski definition) is 0. The number of aromatic nitrogens is 2. The average Bonchev–Trinajstić information content (AvgIpc) is 3.40. The molecule has 0 N–H and O–H groups in total. The first kappa shape index (κ1) is 15.0. The summed E-state index contributed by atoms with van der Waals surface area (Å²) in [6, 6.07) is 8.27. The van der Waals surface area contributed by atoms with Gasteiger partial charge < -0.3 is 9.64 Å². The monoisotopic (exact) mass is 353 g/mol. The van der Waals surface area contributed by atoms with Gasteiger partial charge in [0.25, 0.3) is 5.91 Å². The Balaban J connectivity index is 1.53. The summed E-state index contributed by atoms with van der Waals surface area (Å²) in [7, 11) is 1.66. The summed E-state index contributed by atoms with van der Waals surface area (Å²) < 4.78 is 7.38. The van der Waals surface area contributed by atoms with E-state index in [1.165, 1.54) is 24.2 Å². The lowest BCUT2D eigenvalue weighted by Crippen LogP contribution is -2.38. The van der Waals surface area contributed by atoms with E-state index in [2.05, 4.69) is 4.90 Å². The largest absolute Gasteiger partial charge is 0.496 e. The molecule has 0 unspecified atom stereocenters. The number of thiazole rings is 1. The van der Waals surface area contributed by atoms with Crippen molar-refractivity contribution in [2.45, 2.75) is 25.3 Å². The van der Waals surface area contributed by atoms with Gasteiger partial charge in [-0.25, -0.2) is 4.98 Å². The Morgan fingerprint density at radius 2 is 2.20 bits per heavy atom. The van der Waals surface area contributed by atoms with Crippen molar-refractivity contribution in [3.8, 4) is 17.0 Å². The summed E-state index contributed by atoms with van der Waals surface area (Å²) in [5.41, 5.74) is 2.50. The molecule has 25 heavy (non-hydrogen) atoms. The highest BCUT2D eigenvalue weighted by Crippen LogP contribution is 2.38. The fourth-order valence-corrected chi connectivity index (χ4v) is 5.09. The zero-order chi connectivity index (χ0) is 17.0. The number of methoxy groups -OCH3 is 1. The molecule has 3 aromatic rings. The van der Waals surface area contributed by atoms with Gasteiger partial charge in [-0.2, -0.15) is 0 Å². The first-order valence-corrected chi connectivity index (χ1v) is 9.53. The van der Waals surface area contributed by atoms with Crippen LogP contribution in [0.15, 0.2) is 35.8 Å². The van der Waals surface area contributed by atoms with Crippen LogP contribution in [0.1, 0.15) is 29.8 Å². The molecule has 2 aromatic heterocycles. The molecular formula is C19H19N3O2S. The van der Waals surface area contributed by atoms with Crippen molar-refractivity contribution in [3.63, 3.8) is 0 Å². The number of nitrogens with zero attached hydrogens (tertiary/aromatic N) is 3. The highest BCUT2D eigenvalue weighted by atomic mass is 32.1. The van der Waals surface area contributed by atoms with Gasteiger partial charge in [0.05, 0.1) is 12.8 Å². The third-order valence-electron chi connectivity index (χ3n) is 5.48. The van der Waals surface area contributed by atoms with Gasteiger partial charge in [0.15, 0.2) is 4.96 Å². The highest BCUT2D eigenvalue weighted by molar-refractivity contribution is 7.15. The molecule has 2 fully saturated rings. The SMILES string of the molecule is COc1ccccc1-c1cn2c(C(=O)N3C[C@H]4CC[C@H]3C4)csc2n1. The Kier molecular flexibility index (Phi) is 3.35. The van der Waals surface area contributed by atoms with Crippen molar-refractivity contribution in [3.05, 3.63) is 41.5 Å². The van der Waals surface area contributed by atoms with E-state index in [0.29, 0.717) is 12.0 Å². The molecule has 0 radical (unpaired) electrons. The van der Waals surface area contributed by atoms with Crippen molar-refractivity contribution in [2.24, 2.45) is 5.92 Å². The first-order valence-electron chi connectivity index (χ1n) is 8.65. The second kappa shape index (κ2) is 5.59. The number of benzene rings is 1. The third-order valence-corrected chi connectivity index (χ3v) is 6.32. The number of para-hydroxylation sites is 1. The van der Waals surface area contributed by atoms with Crippen LogP contribution in [0.2, 0.25) is 0 Å². The minimum Gasteiger partial charge on any atom is -0.496 e. The smallest absolute Gasteiger partial charge is 0.272 e. The third kappa shape index (κ3) is 2.28. The molecule has 5 rings (SSSR count). The first-order chi connectivity index (χ1) is 12.2. The minimum absolute atomic E-state index is 0.141. The predicted octanol–water partition coefficient (Wildman–Crippen LogP) is 3.70. The molecule has 2 bridgehead atoms. The fourth-order valence-electron chi connectivity index (χ4n) is 4.24. The second-order valence-electron chi connectivity index (χ2n) is 6.89. The van der Waals surface area contributed by atoms with Crippen molar-refractivity contribution in [1.29, 1.82) is 0 Å². The van der Waals surface area contributed by atoms with E-state index < -0.39 is 0 Å². The maximum atomic E-state index is 13.0. The van der Waals surface area contributed by atoms with Crippen molar-refractivity contribution >= 4 is 22.2 Å². The molecule has 128 valence electrons. The summed E-state index contributed by atoms with van der Waals surface area (Å²) in [4.78, 5) is 20.6. The number of rotatable bonds is 3. The molecule has 1 saturated heterocycles. The number of fused-ring (bicyclic) bond motifs is 3. The number of amides is 1. The quantitative estimate of drug-likeness (QED) is 0.721. The molecule has 0 spiro atoms. The van der Waals surface area contributed by atoms with Gasteiger partial charge in [0.2, 0.25) is 0 Å². The highest BCUT2D eigenvalue weighted by Gasteiger charge is 2.41. The van der Waals surface area contributed by atoms with Crippen molar-refractivity contribution in [1.82, 2.24) is 14.3 Å². The summed E-state index contributed by atoms with van der Waals surface area (Å²) >= 11 is 1.51. The molecule has 1 saturated carbocycles. The van der Waals surface area contributed by atoms with Gasteiger partial charge in [0.1, 0.15) is 11.4 Å². The molecule has 3 heterocycles. The molecule has 1 amide bonds. The van der Waals surface area contributed by atoms with E-state index in [-0.39, 0.29) is 5.91 Å². The van der Waals surface area contributed by atoms with Crippen LogP contribution in [0.3, 0.4) is 0 Å². The Bertz CT molecular complexity index is 961. The summed E-state index contributed by atoms with van der Waals surface area (Å²) in [5.74, 6) is 1.63. The molecule has 1 aliphatic heterocycles. The van der Waals surface area contributed by atoms with E-state index in [0.717, 1.165) is 40.6 Å². The number of carbonyl (C=O) groups is 1. The zero-order valence-corrected chi connectivity index (χ0v) is 14.8. The van der Waals surface area contributed by atoms with E-state index in [1.807, 2.05) is 40.2 Å². The number of ether oxygens (including phenoxy) is 1. The average molecular weight is 353 g/mol. The molecular weight excluding hydrogens is 334 g/mol. The number of carbonyl (C=O) groups excluding carboxylic acids is 1. The molecule has 2 atom stereocenters. The van der Waals surface area contributed by atoms with Crippen LogP contribution in [-0.4, -0.2) is 39.9 Å². The maximum absolute atomic E-state index is 13.0. The Hall–Kier alpha value is -2.34. The minimum atomic E-state index is 0.141.